The van der Waals surface area contributed by atoms with Crippen molar-refractivity contribution in [1.82, 2.24) is 0 Å². The highest BCUT2D eigenvalue weighted by atomic mass is 32.2. The van der Waals surface area contributed by atoms with E-state index >= 15 is 0 Å². The minimum atomic E-state index is -0.0889. The van der Waals surface area contributed by atoms with Crippen LogP contribution in [-0.4, -0.2) is 10.2 Å². The lowest BCUT2D eigenvalue weighted by Gasteiger charge is -2.14. The van der Waals surface area contributed by atoms with Crippen LogP contribution in [0.25, 0.3) is 6.08 Å². The van der Waals surface area contributed by atoms with Crippen LogP contribution in [-0.2, 0) is 0 Å². The highest BCUT2D eigenvalue weighted by Crippen LogP contribution is 2.36. The lowest BCUT2D eigenvalue weighted by Crippen LogP contribution is -2.26. The molecule has 1 aromatic carbocycles. The van der Waals surface area contributed by atoms with Crippen LogP contribution in [0.5, 0.6) is 0 Å². The Morgan fingerprint density at radius 3 is 2.63 bits per heavy atom. The third-order valence-electron chi connectivity index (χ3n) is 2.62. The highest BCUT2D eigenvalue weighted by molar-refractivity contribution is 8.20. The second kappa shape index (κ2) is 5.03. The fourth-order valence-electron chi connectivity index (χ4n) is 1.77. The van der Waals surface area contributed by atoms with E-state index in [-0.39, 0.29) is 5.24 Å². The van der Waals surface area contributed by atoms with Gasteiger partial charge in [0.25, 0.3) is 5.24 Å². The number of carbonyl (C=O) groups is 1. The van der Waals surface area contributed by atoms with Gasteiger partial charge in [0, 0.05) is 0 Å². The average molecular weight is 287 g/mol. The average Bonchev–Trinajstić information content (AvgIpc) is 3.01. The maximum atomic E-state index is 12.1. The van der Waals surface area contributed by atoms with Gasteiger partial charge < -0.3 is 4.42 Å². The number of hydrogen-bond donors (Lipinski definition) is 0. The Labute approximate surface area is 119 Å². The second-order valence-corrected chi connectivity index (χ2v) is 5.25. The molecule has 1 aliphatic heterocycles. The molecule has 1 aromatic heterocycles. The van der Waals surface area contributed by atoms with E-state index in [9.17, 15) is 4.79 Å². The molecule has 19 heavy (non-hydrogen) atoms. The SMILES string of the molecule is O=C1S/C(=C\c2ccco2)C(=S)N1c1ccccc1. The van der Waals surface area contributed by atoms with Crippen molar-refractivity contribution in [2.45, 2.75) is 0 Å². The summed E-state index contributed by atoms with van der Waals surface area (Å²) >= 11 is 6.49. The Morgan fingerprint density at radius 2 is 1.95 bits per heavy atom. The van der Waals surface area contributed by atoms with Gasteiger partial charge in [0.2, 0.25) is 0 Å². The van der Waals surface area contributed by atoms with Crippen LogP contribution in [0.4, 0.5) is 10.5 Å². The Hall–Kier alpha value is -1.85. The summed E-state index contributed by atoms with van der Waals surface area (Å²) < 4.78 is 5.24. The molecule has 0 aliphatic carbocycles. The summed E-state index contributed by atoms with van der Waals surface area (Å²) in [7, 11) is 0. The van der Waals surface area contributed by atoms with Crippen molar-refractivity contribution in [3.8, 4) is 0 Å². The standard InChI is InChI=1S/C14H9NO2S2/c16-14-15(10-5-2-1-3-6-10)13(18)12(19-14)9-11-7-4-8-17-11/h1-9H/b12-9-. The molecule has 0 saturated carbocycles. The van der Waals surface area contributed by atoms with Gasteiger partial charge in [0.15, 0.2) is 0 Å². The van der Waals surface area contributed by atoms with Gasteiger partial charge in [-0.25, -0.2) is 0 Å². The molecular formula is C14H9NO2S2. The monoisotopic (exact) mass is 287 g/mol. The zero-order valence-corrected chi connectivity index (χ0v) is 11.4. The van der Waals surface area contributed by atoms with Gasteiger partial charge in [-0.1, -0.05) is 30.4 Å². The number of para-hydroxylation sites is 1. The normalized spacial score (nSPS) is 17.5. The number of nitrogens with zero attached hydrogens (tertiary/aromatic N) is 1. The van der Waals surface area contributed by atoms with Crippen LogP contribution in [0.1, 0.15) is 5.76 Å². The maximum Gasteiger partial charge on any atom is 0.296 e. The molecule has 0 unspecified atom stereocenters. The molecule has 2 heterocycles. The molecule has 0 bridgehead atoms. The molecule has 94 valence electrons. The van der Waals surface area contributed by atoms with Crippen LogP contribution in [0, 0.1) is 0 Å². The number of anilines is 1. The molecule has 0 N–H and O–H groups in total. The zero-order chi connectivity index (χ0) is 13.2. The molecule has 3 rings (SSSR count). The van der Waals surface area contributed by atoms with Gasteiger partial charge in [0.1, 0.15) is 10.7 Å². The van der Waals surface area contributed by atoms with Crippen molar-refractivity contribution < 1.29 is 9.21 Å². The first-order chi connectivity index (χ1) is 9.25. The van der Waals surface area contributed by atoms with Gasteiger partial charge in [-0.2, -0.15) is 0 Å². The summed E-state index contributed by atoms with van der Waals surface area (Å²) in [5, 5.41) is -0.0889. The van der Waals surface area contributed by atoms with E-state index in [1.807, 2.05) is 36.4 Å². The molecule has 0 spiro atoms. The van der Waals surface area contributed by atoms with Gasteiger partial charge in [0.05, 0.1) is 16.9 Å². The summed E-state index contributed by atoms with van der Waals surface area (Å²) in [5.74, 6) is 0.688. The van der Waals surface area contributed by atoms with Crippen molar-refractivity contribution in [3.63, 3.8) is 0 Å². The largest absolute Gasteiger partial charge is 0.465 e. The van der Waals surface area contributed by atoms with E-state index in [0.29, 0.717) is 10.7 Å². The first-order valence-electron chi connectivity index (χ1n) is 5.62. The smallest absolute Gasteiger partial charge is 0.296 e. The van der Waals surface area contributed by atoms with Crippen molar-refractivity contribution in [3.05, 3.63) is 59.4 Å². The lowest BCUT2D eigenvalue weighted by molar-refractivity contribution is 0.268. The predicted molar refractivity (Wildman–Crippen MR) is 81.2 cm³/mol. The number of thiocarbonyl (C=S) groups is 1. The molecule has 1 aliphatic rings. The Balaban J connectivity index is 1.94. The zero-order valence-electron chi connectivity index (χ0n) is 9.78. The summed E-state index contributed by atoms with van der Waals surface area (Å²) in [5.41, 5.74) is 0.785. The first-order valence-corrected chi connectivity index (χ1v) is 6.85. The minimum absolute atomic E-state index is 0.0889. The van der Waals surface area contributed by atoms with Crippen LogP contribution in [0.3, 0.4) is 0 Å². The number of hydrogen-bond acceptors (Lipinski definition) is 4. The van der Waals surface area contributed by atoms with Crippen LogP contribution in [0.15, 0.2) is 58.1 Å². The molecule has 1 fully saturated rings. The van der Waals surface area contributed by atoms with Gasteiger partial charge in [-0.05, 0) is 42.1 Å². The van der Waals surface area contributed by atoms with Crippen LogP contribution in [0.2, 0.25) is 0 Å². The minimum Gasteiger partial charge on any atom is -0.465 e. The quantitative estimate of drug-likeness (QED) is 0.608. The number of rotatable bonds is 2. The predicted octanol–water partition coefficient (Wildman–Crippen LogP) is 4.32. The van der Waals surface area contributed by atoms with Gasteiger partial charge in [-0.15, -0.1) is 0 Å². The van der Waals surface area contributed by atoms with Crippen LogP contribution < -0.4 is 4.90 Å². The van der Waals surface area contributed by atoms with E-state index in [4.69, 9.17) is 16.6 Å². The number of amides is 1. The topological polar surface area (TPSA) is 33.5 Å². The first kappa shape index (κ1) is 12.2. The van der Waals surface area contributed by atoms with E-state index in [2.05, 4.69) is 0 Å². The van der Waals surface area contributed by atoms with Gasteiger partial charge >= 0.3 is 0 Å². The third-order valence-corrected chi connectivity index (χ3v) is 4.04. The van der Waals surface area contributed by atoms with E-state index < -0.39 is 0 Å². The van der Waals surface area contributed by atoms with Crippen molar-refractivity contribution in [1.29, 1.82) is 0 Å². The number of thioether (sulfide) groups is 1. The summed E-state index contributed by atoms with van der Waals surface area (Å²) in [4.78, 5) is 14.8. The van der Waals surface area contributed by atoms with Gasteiger partial charge in [-0.3, -0.25) is 9.69 Å². The Morgan fingerprint density at radius 1 is 1.16 bits per heavy atom. The van der Waals surface area contributed by atoms with Crippen LogP contribution >= 0.6 is 24.0 Å². The number of carbonyl (C=O) groups excluding carboxylic acids is 1. The third kappa shape index (κ3) is 2.34. The second-order valence-electron chi connectivity index (χ2n) is 3.87. The lowest BCUT2D eigenvalue weighted by atomic mass is 10.3. The summed E-state index contributed by atoms with van der Waals surface area (Å²) in [6, 6.07) is 13.0. The molecule has 2 aromatic rings. The fourth-order valence-corrected chi connectivity index (χ4v) is 3.03. The Kier molecular flexibility index (Phi) is 3.23. The molecular weight excluding hydrogens is 278 g/mol. The van der Waals surface area contributed by atoms with E-state index in [1.54, 1.807) is 18.4 Å². The van der Waals surface area contributed by atoms with Crippen molar-refractivity contribution in [2.75, 3.05) is 4.90 Å². The highest BCUT2D eigenvalue weighted by Gasteiger charge is 2.32. The molecule has 0 radical (unpaired) electrons. The van der Waals surface area contributed by atoms with E-state index in [1.165, 1.54) is 4.90 Å². The number of benzene rings is 1. The molecule has 1 saturated heterocycles. The molecule has 1 amide bonds. The van der Waals surface area contributed by atoms with E-state index in [0.717, 1.165) is 22.4 Å². The molecule has 3 nitrogen and oxygen atoms in total. The summed E-state index contributed by atoms with van der Waals surface area (Å²) in [6.45, 7) is 0. The van der Waals surface area contributed by atoms with Crippen molar-refractivity contribution in [2.24, 2.45) is 0 Å². The fraction of sp³-hybridized carbons (Fsp3) is 0. The molecule has 5 heteroatoms. The maximum absolute atomic E-state index is 12.1. The Bertz CT molecular complexity index is 647. The summed E-state index contributed by atoms with van der Waals surface area (Å²) in [6.07, 6.45) is 3.37. The number of furan rings is 1. The molecule has 0 atom stereocenters. The van der Waals surface area contributed by atoms with Crippen molar-refractivity contribution >= 4 is 46.0 Å².